The standard InChI is InChI=1S/C31H60O4/c1-5-6-7-8-9-10-11-12-13-14-15-16-17-18-19-20-21-22-23-24-25-34-31(33)29(4)26-30(32)35-27-28(2)3/h28-29H,5-27H2,1-4H3. The maximum Gasteiger partial charge on any atom is 0.309 e. The number of carbonyl (C=O) groups is 2. The molecule has 0 bridgehead atoms. The number of carbonyl (C=O) groups excluding carboxylic acids is 2. The third-order valence-corrected chi connectivity index (χ3v) is 6.70. The van der Waals surface area contributed by atoms with Crippen LogP contribution in [0.25, 0.3) is 0 Å². The quantitative estimate of drug-likeness (QED) is 0.0883. The van der Waals surface area contributed by atoms with Crippen LogP contribution in [0, 0.1) is 11.8 Å². The van der Waals surface area contributed by atoms with Crippen LogP contribution in [0.3, 0.4) is 0 Å². The van der Waals surface area contributed by atoms with Gasteiger partial charge < -0.3 is 9.47 Å². The average Bonchev–Trinajstić information content (AvgIpc) is 2.83. The fraction of sp³-hybridized carbons (Fsp3) is 0.935. The molecule has 0 aliphatic carbocycles. The van der Waals surface area contributed by atoms with Crippen molar-refractivity contribution in [2.75, 3.05) is 13.2 Å². The van der Waals surface area contributed by atoms with Gasteiger partial charge in [-0.05, 0) is 12.3 Å². The fourth-order valence-electron chi connectivity index (χ4n) is 4.32. The van der Waals surface area contributed by atoms with Crippen molar-refractivity contribution in [1.82, 2.24) is 0 Å². The molecule has 0 saturated carbocycles. The van der Waals surface area contributed by atoms with Crippen LogP contribution in [0.1, 0.15) is 163 Å². The van der Waals surface area contributed by atoms with Crippen LogP contribution in [-0.4, -0.2) is 25.2 Å². The van der Waals surface area contributed by atoms with Gasteiger partial charge in [0.2, 0.25) is 0 Å². The van der Waals surface area contributed by atoms with E-state index in [0.29, 0.717) is 19.1 Å². The molecule has 0 fully saturated rings. The molecule has 0 aromatic rings. The van der Waals surface area contributed by atoms with Crippen LogP contribution in [0.2, 0.25) is 0 Å². The molecular formula is C31H60O4. The van der Waals surface area contributed by atoms with Crippen molar-refractivity contribution in [3.05, 3.63) is 0 Å². The van der Waals surface area contributed by atoms with Crippen molar-refractivity contribution in [1.29, 1.82) is 0 Å². The number of esters is 2. The summed E-state index contributed by atoms with van der Waals surface area (Å²) in [4.78, 5) is 23.7. The Labute approximate surface area is 218 Å². The van der Waals surface area contributed by atoms with Gasteiger partial charge in [0, 0.05) is 0 Å². The van der Waals surface area contributed by atoms with Crippen LogP contribution in [-0.2, 0) is 19.1 Å². The molecule has 35 heavy (non-hydrogen) atoms. The minimum absolute atomic E-state index is 0.102. The lowest BCUT2D eigenvalue weighted by atomic mass is 10.0. The summed E-state index contributed by atoms with van der Waals surface area (Å²) in [5.41, 5.74) is 0. The topological polar surface area (TPSA) is 52.6 Å². The molecule has 0 aliphatic rings. The van der Waals surface area contributed by atoms with E-state index in [0.717, 1.165) is 12.8 Å². The molecule has 4 heteroatoms. The number of unbranched alkanes of at least 4 members (excludes halogenated alkanes) is 19. The van der Waals surface area contributed by atoms with E-state index < -0.39 is 5.92 Å². The molecule has 0 aromatic heterocycles. The van der Waals surface area contributed by atoms with Gasteiger partial charge in [-0.1, -0.05) is 150 Å². The van der Waals surface area contributed by atoms with Crippen molar-refractivity contribution < 1.29 is 19.1 Å². The zero-order valence-electron chi connectivity index (χ0n) is 24.1. The van der Waals surface area contributed by atoms with Gasteiger partial charge >= 0.3 is 11.9 Å². The SMILES string of the molecule is CCCCCCCCCCCCCCCCCCCCCCOC(=O)C(C)CC(=O)OCC(C)C. The first-order valence-corrected chi connectivity index (χ1v) is 15.3. The van der Waals surface area contributed by atoms with Gasteiger partial charge in [-0.15, -0.1) is 0 Å². The Morgan fingerprint density at radius 1 is 0.543 bits per heavy atom. The van der Waals surface area contributed by atoms with Gasteiger partial charge in [-0.2, -0.15) is 0 Å². The van der Waals surface area contributed by atoms with E-state index in [-0.39, 0.29) is 18.4 Å². The summed E-state index contributed by atoms with van der Waals surface area (Å²) >= 11 is 0. The Morgan fingerprint density at radius 3 is 1.29 bits per heavy atom. The Bertz CT molecular complexity index is 475. The Morgan fingerprint density at radius 2 is 0.914 bits per heavy atom. The molecular weight excluding hydrogens is 436 g/mol. The maximum absolute atomic E-state index is 12.0. The highest BCUT2D eigenvalue weighted by molar-refractivity contribution is 5.79. The molecule has 0 spiro atoms. The third-order valence-electron chi connectivity index (χ3n) is 6.70. The molecule has 1 unspecified atom stereocenters. The van der Waals surface area contributed by atoms with E-state index in [1.807, 2.05) is 13.8 Å². The predicted molar refractivity (Wildman–Crippen MR) is 149 cm³/mol. The van der Waals surface area contributed by atoms with Gasteiger partial charge in [-0.3, -0.25) is 9.59 Å². The Hall–Kier alpha value is -1.06. The first-order valence-electron chi connectivity index (χ1n) is 15.3. The molecule has 208 valence electrons. The number of hydrogen-bond acceptors (Lipinski definition) is 4. The van der Waals surface area contributed by atoms with Gasteiger partial charge in [-0.25, -0.2) is 0 Å². The minimum atomic E-state index is -0.431. The van der Waals surface area contributed by atoms with E-state index in [1.54, 1.807) is 6.92 Å². The lowest BCUT2D eigenvalue weighted by molar-refractivity contribution is -0.155. The molecule has 4 nitrogen and oxygen atoms in total. The lowest BCUT2D eigenvalue weighted by Crippen LogP contribution is -2.21. The van der Waals surface area contributed by atoms with Crippen molar-refractivity contribution in [3.8, 4) is 0 Å². The summed E-state index contributed by atoms with van der Waals surface area (Å²) in [7, 11) is 0. The van der Waals surface area contributed by atoms with Crippen molar-refractivity contribution in [3.63, 3.8) is 0 Å². The summed E-state index contributed by atoms with van der Waals surface area (Å²) in [6.45, 7) is 8.87. The average molecular weight is 497 g/mol. The largest absolute Gasteiger partial charge is 0.465 e. The maximum atomic E-state index is 12.0. The van der Waals surface area contributed by atoms with Crippen LogP contribution in [0.4, 0.5) is 0 Å². The predicted octanol–water partition coefficient (Wildman–Crippen LogP) is 9.58. The van der Waals surface area contributed by atoms with Crippen LogP contribution in [0.15, 0.2) is 0 Å². The van der Waals surface area contributed by atoms with Gasteiger partial charge in [0.1, 0.15) is 0 Å². The second kappa shape index (κ2) is 26.0. The lowest BCUT2D eigenvalue weighted by Gasteiger charge is -2.12. The summed E-state index contributed by atoms with van der Waals surface area (Å²) in [5, 5.41) is 0. The van der Waals surface area contributed by atoms with Gasteiger partial charge in [0.05, 0.1) is 25.6 Å². The highest BCUT2D eigenvalue weighted by Gasteiger charge is 2.19. The smallest absolute Gasteiger partial charge is 0.309 e. The number of rotatable bonds is 26. The molecule has 0 rings (SSSR count). The summed E-state index contributed by atoms with van der Waals surface area (Å²) in [6.07, 6.45) is 27.2. The molecule has 0 saturated heterocycles. The van der Waals surface area contributed by atoms with E-state index >= 15 is 0 Å². The van der Waals surface area contributed by atoms with E-state index in [2.05, 4.69) is 6.92 Å². The Balaban J connectivity index is 3.29. The monoisotopic (exact) mass is 496 g/mol. The number of hydrogen-bond donors (Lipinski definition) is 0. The van der Waals surface area contributed by atoms with Crippen molar-refractivity contribution in [2.24, 2.45) is 11.8 Å². The van der Waals surface area contributed by atoms with E-state index in [1.165, 1.54) is 116 Å². The van der Waals surface area contributed by atoms with Crippen LogP contribution in [0.5, 0.6) is 0 Å². The third kappa shape index (κ3) is 25.8. The number of ether oxygens (including phenoxy) is 2. The molecule has 0 amide bonds. The molecule has 0 aliphatic heterocycles. The van der Waals surface area contributed by atoms with Crippen LogP contribution < -0.4 is 0 Å². The summed E-state index contributed by atoms with van der Waals surface area (Å²) in [6, 6.07) is 0. The normalized spacial score (nSPS) is 12.1. The molecule has 0 aromatic carbocycles. The van der Waals surface area contributed by atoms with Crippen molar-refractivity contribution >= 4 is 11.9 Å². The second-order valence-electron chi connectivity index (χ2n) is 11.1. The fourth-order valence-corrected chi connectivity index (χ4v) is 4.32. The molecule has 1 atom stereocenters. The first-order chi connectivity index (χ1) is 17.0. The zero-order valence-corrected chi connectivity index (χ0v) is 24.1. The minimum Gasteiger partial charge on any atom is -0.465 e. The highest BCUT2D eigenvalue weighted by atomic mass is 16.5. The second-order valence-corrected chi connectivity index (χ2v) is 11.1. The zero-order chi connectivity index (χ0) is 26.0. The van der Waals surface area contributed by atoms with E-state index in [9.17, 15) is 9.59 Å². The highest BCUT2D eigenvalue weighted by Crippen LogP contribution is 2.15. The molecule has 0 heterocycles. The van der Waals surface area contributed by atoms with Crippen molar-refractivity contribution in [2.45, 2.75) is 163 Å². The summed E-state index contributed by atoms with van der Waals surface area (Å²) in [5.74, 6) is -0.730. The van der Waals surface area contributed by atoms with E-state index in [4.69, 9.17) is 9.47 Å². The summed E-state index contributed by atoms with van der Waals surface area (Å²) < 4.78 is 10.4. The molecule has 0 radical (unpaired) electrons. The molecule has 0 N–H and O–H groups in total. The first kappa shape index (κ1) is 33.9. The Kier molecular flexibility index (Phi) is 25.2. The van der Waals surface area contributed by atoms with Crippen LogP contribution >= 0.6 is 0 Å². The van der Waals surface area contributed by atoms with Gasteiger partial charge in [0.25, 0.3) is 0 Å². The van der Waals surface area contributed by atoms with Gasteiger partial charge in [0.15, 0.2) is 0 Å².